The molecule has 0 aliphatic rings. The van der Waals surface area contributed by atoms with Crippen molar-refractivity contribution in [2.24, 2.45) is 0 Å². The van der Waals surface area contributed by atoms with Gasteiger partial charge < -0.3 is 24.4 Å². The minimum atomic E-state index is -1.57. The minimum absolute atomic E-state index is 0.00565. The van der Waals surface area contributed by atoms with Gasteiger partial charge in [-0.1, -0.05) is 0 Å². The average molecular weight is 256 g/mol. The first-order valence-electron chi connectivity index (χ1n) is 5.35. The minimum Gasteiger partial charge on any atom is -0.504 e. The van der Waals surface area contributed by atoms with Crippen LogP contribution in [0.5, 0.6) is 17.2 Å². The lowest BCUT2D eigenvalue weighted by Crippen LogP contribution is -2.15. The molecule has 0 aromatic heterocycles. The maximum atomic E-state index is 11.4. The van der Waals surface area contributed by atoms with Gasteiger partial charge in [0.15, 0.2) is 17.6 Å². The molecule has 0 aliphatic heterocycles. The summed E-state index contributed by atoms with van der Waals surface area (Å²) in [6, 6.07) is 2.86. The molecule has 1 aromatic rings. The normalized spacial score (nSPS) is 11.8. The van der Waals surface area contributed by atoms with Crippen LogP contribution in [0, 0.1) is 0 Å². The van der Waals surface area contributed by atoms with Gasteiger partial charge in [-0.05, 0) is 19.1 Å². The third kappa shape index (κ3) is 2.65. The maximum absolute atomic E-state index is 11.4. The molecule has 1 unspecified atom stereocenters. The lowest BCUT2D eigenvalue weighted by molar-refractivity contribution is -0.153. The first-order chi connectivity index (χ1) is 8.56. The molecular formula is C12H16O6. The van der Waals surface area contributed by atoms with Gasteiger partial charge in [-0.25, -0.2) is 4.79 Å². The van der Waals surface area contributed by atoms with Crippen LogP contribution in [-0.2, 0) is 9.53 Å². The molecule has 0 saturated carbocycles. The predicted molar refractivity (Wildman–Crippen MR) is 62.8 cm³/mol. The number of aliphatic hydroxyl groups excluding tert-OH is 1. The fourth-order valence-corrected chi connectivity index (χ4v) is 1.49. The van der Waals surface area contributed by atoms with E-state index in [-0.39, 0.29) is 23.7 Å². The standard InChI is InChI=1S/C12H16O6/c1-4-18-12(15)10(14)7-5-6-8(16-2)11(17-3)9(7)13/h5-6,10,13-14H,4H2,1-3H3. The zero-order valence-corrected chi connectivity index (χ0v) is 10.5. The van der Waals surface area contributed by atoms with Crippen LogP contribution in [0.3, 0.4) is 0 Å². The lowest BCUT2D eigenvalue weighted by Gasteiger charge is -2.15. The number of methoxy groups -OCH3 is 2. The molecule has 0 spiro atoms. The third-order valence-corrected chi connectivity index (χ3v) is 2.36. The smallest absolute Gasteiger partial charge is 0.339 e. The molecule has 6 nitrogen and oxygen atoms in total. The fourth-order valence-electron chi connectivity index (χ4n) is 1.49. The van der Waals surface area contributed by atoms with Crippen LogP contribution in [0.25, 0.3) is 0 Å². The summed E-state index contributed by atoms with van der Waals surface area (Å²) in [5, 5.41) is 19.7. The topological polar surface area (TPSA) is 85.2 Å². The van der Waals surface area contributed by atoms with Crippen molar-refractivity contribution in [2.75, 3.05) is 20.8 Å². The molecule has 2 N–H and O–H groups in total. The fraction of sp³-hybridized carbons (Fsp3) is 0.417. The van der Waals surface area contributed by atoms with Crippen molar-refractivity contribution >= 4 is 5.97 Å². The quantitative estimate of drug-likeness (QED) is 0.765. The van der Waals surface area contributed by atoms with E-state index in [1.165, 1.54) is 26.4 Å². The molecule has 0 saturated heterocycles. The Balaban J connectivity index is 3.14. The van der Waals surface area contributed by atoms with Crippen molar-refractivity contribution in [2.45, 2.75) is 13.0 Å². The van der Waals surface area contributed by atoms with Gasteiger partial charge in [0.05, 0.1) is 20.8 Å². The van der Waals surface area contributed by atoms with Crippen LogP contribution in [0.2, 0.25) is 0 Å². The number of carbonyl (C=O) groups excluding carboxylic acids is 1. The number of rotatable bonds is 5. The Morgan fingerprint density at radius 1 is 1.33 bits per heavy atom. The molecule has 0 fully saturated rings. The van der Waals surface area contributed by atoms with E-state index in [0.717, 1.165) is 0 Å². The lowest BCUT2D eigenvalue weighted by atomic mass is 10.1. The van der Waals surface area contributed by atoms with E-state index in [1.807, 2.05) is 0 Å². The van der Waals surface area contributed by atoms with Gasteiger partial charge in [0.1, 0.15) is 0 Å². The Morgan fingerprint density at radius 3 is 2.50 bits per heavy atom. The molecule has 0 bridgehead atoms. The van der Waals surface area contributed by atoms with Gasteiger partial charge in [-0.3, -0.25) is 0 Å². The van der Waals surface area contributed by atoms with Crippen LogP contribution in [0.1, 0.15) is 18.6 Å². The Morgan fingerprint density at radius 2 is 2.00 bits per heavy atom. The number of aliphatic hydroxyl groups is 1. The summed E-state index contributed by atoms with van der Waals surface area (Å²) >= 11 is 0. The van der Waals surface area contributed by atoms with Crippen molar-refractivity contribution < 1.29 is 29.2 Å². The second kappa shape index (κ2) is 6.11. The zero-order chi connectivity index (χ0) is 13.7. The number of carbonyl (C=O) groups is 1. The number of phenols is 1. The highest BCUT2D eigenvalue weighted by Crippen LogP contribution is 2.41. The third-order valence-electron chi connectivity index (χ3n) is 2.36. The summed E-state index contributed by atoms with van der Waals surface area (Å²) < 4.78 is 14.6. The summed E-state index contributed by atoms with van der Waals surface area (Å²) in [4.78, 5) is 11.4. The van der Waals surface area contributed by atoms with Crippen LogP contribution >= 0.6 is 0 Å². The molecule has 6 heteroatoms. The zero-order valence-electron chi connectivity index (χ0n) is 10.5. The second-order valence-corrected chi connectivity index (χ2v) is 3.39. The van der Waals surface area contributed by atoms with Crippen molar-refractivity contribution in [1.29, 1.82) is 0 Å². The number of phenolic OH excluding ortho intramolecular Hbond substituents is 1. The summed E-state index contributed by atoms with van der Waals surface area (Å²) in [6.45, 7) is 1.77. The van der Waals surface area contributed by atoms with E-state index < -0.39 is 12.1 Å². The largest absolute Gasteiger partial charge is 0.504 e. The van der Waals surface area contributed by atoms with Gasteiger partial charge >= 0.3 is 5.97 Å². The van der Waals surface area contributed by atoms with Crippen molar-refractivity contribution in [3.05, 3.63) is 17.7 Å². The summed E-state index contributed by atoms with van der Waals surface area (Å²) in [6.07, 6.45) is -1.57. The van der Waals surface area contributed by atoms with E-state index >= 15 is 0 Å². The van der Waals surface area contributed by atoms with Crippen LogP contribution in [-0.4, -0.2) is 37.0 Å². The monoisotopic (exact) mass is 256 g/mol. The number of hydrogen-bond acceptors (Lipinski definition) is 6. The molecule has 1 atom stereocenters. The van der Waals surface area contributed by atoms with E-state index in [0.29, 0.717) is 5.75 Å². The number of aromatic hydroxyl groups is 1. The van der Waals surface area contributed by atoms with Crippen LogP contribution in [0.15, 0.2) is 12.1 Å². The van der Waals surface area contributed by atoms with Crippen molar-refractivity contribution in [1.82, 2.24) is 0 Å². The molecule has 18 heavy (non-hydrogen) atoms. The Labute approximate surface area is 105 Å². The molecule has 100 valence electrons. The van der Waals surface area contributed by atoms with Crippen LogP contribution < -0.4 is 9.47 Å². The molecule has 0 aliphatic carbocycles. The summed E-state index contributed by atoms with van der Waals surface area (Å²) in [5.74, 6) is -0.828. The number of ether oxygens (including phenoxy) is 3. The molecule has 1 rings (SSSR count). The summed E-state index contributed by atoms with van der Waals surface area (Å²) in [5.41, 5.74) is 0.00565. The predicted octanol–water partition coefficient (Wildman–Crippen LogP) is 1.01. The number of esters is 1. The van der Waals surface area contributed by atoms with E-state index in [9.17, 15) is 15.0 Å². The SMILES string of the molecule is CCOC(=O)C(O)c1ccc(OC)c(OC)c1O. The van der Waals surface area contributed by atoms with E-state index in [2.05, 4.69) is 4.74 Å². The van der Waals surface area contributed by atoms with Gasteiger partial charge in [0.2, 0.25) is 5.75 Å². The van der Waals surface area contributed by atoms with Gasteiger partial charge in [-0.2, -0.15) is 0 Å². The number of benzene rings is 1. The molecule has 0 heterocycles. The molecule has 0 amide bonds. The molecule has 0 radical (unpaired) electrons. The highest BCUT2D eigenvalue weighted by atomic mass is 16.5. The molecular weight excluding hydrogens is 240 g/mol. The number of hydrogen-bond donors (Lipinski definition) is 2. The Bertz CT molecular complexity index is 429. The van der Waals surface area contributed by atoms with E-state index in [4.69, 9.17) is 9.47 Å². The Hall–Kier alpha value is -1.95. The Kier molecular flexibility index (Phi) is 4.79. The summed E-state index contributed by atoms with van der Waals surface area (Å²) in [7, 11) is 2.76. The first kappa shape index (κ1) is 14.1. The van der Waals surface area contributed by atoms with Gasteiger partial charge in [-0.15, -0.1) is 0 Å². The van der Waals surface area contributed by atoms with Crippen molar-refractivity contribution in [3.8, 4) is 17.2 Å². The van der Waals surface area contributed by atoms with Gasteiger partial charge in [0, 0.05) is 5.56 Å². The first-order valence-corrected chi connectivity index (χ1v) is 5.35. The van der Waals surface area contributed by atoms with Crippen molar-refractivity contribution in [3.63, 3.8) is 0 Å². The molecule has 1 aromatic carbocycles. The highest BCUT2D eigenvalue weighted by molar-refractivity contribution is 5.78. The van der Waals surface area contributed by atoms with Gasteiger partial charge in [0.25, 0.3) is 0 Å². The van der Waals surface area contributed by atoms with Crippen LogP contribution in [0.4, 0.5) is 0 Å². The van der Waals surface area contributed by atoms with E-state index in [1.54, 1.807) is 6.92 Å². The maximum Gasteiger partial charge on any atom is 0.339 e. The second-order valence-electron chi connectivity index (χ2n) is 3.39. The average Bonchev–Trinajstić information content (AvgIpc) is 2.37. The highest BCUT2D eigenvalue weighted by Gasteiger charge is 2.25.